The first-order chi connectivity index (χ1) is 8.61. The van der Waals surface area contributed by atoms with Crippen molar-refractivity contribution in [3.05, 3.63) is 22.1 Å². The largest absolute Gasteiger partial charge is 0.444 e. The van der Waals surface area contributed by atoms with Gasteiger partial charge >= 0.3 is 0 Å². The zero-order chi connectivity index (χ0) is 12.8. The molecule has 2 heterocycles. The number of rotatable bonds is 2. The van der Waals surface area contributed by atoms with Gasteiger partial charge in [0.1, 0.15) is 0 Å². The predicted octanol–water partition coefficient (Wildman–Crippen LogP) is 2.36. The number of furan rings is 1. The van der Waals surface area contributed by atoms with E-state index in [1.807, 2.05) is 6.92 Å². The Labute approximate surface area is 115 Å². The normalized spacial score (nSPS) is 30.4. The first-order valence-electron chi connectivity index (χ1n) is 6.42. The van der Waals surface area contributed by atoms with Crippen molar-refractivity contribution in [1.82, 2.24) is 10.6 Å². The average Bonchev–Trinajstić information content (AvgIpc) is 2.94. The third kappa shape index (κ3) is 1.89. The molecular weight excluding hydrogens is 296 g/mol. The molecular formula is C13H17BrN2O2. The van der Waals surface area contributed by atoms with E-state index in [0.29, 0.717) is 16.5 Å². The van der Waals surface area contributed by atoms with Crippen molar-refractivity contribution in [2.24, 2.45) is 0 Å². The Hall–Kier alpha value is -0.810. The molecule has 1 aromatic heterocycles. The number of carbonyl (C=O) groups is 1. The summed E-state index contributed by atoms with van der Waals surface area (Å²) < 4.78 is 6.05. The van der Waals surface area contributed by atoms with E-state index in [1.165, 1.54) is 6.42 Å². The van der Waals surface area contributed by atoms with Crippen LogP contribution in [-0.4, -0.2) is 24.0 Å². The van der Waals surface area contributed by atoms with Gasteiger partial charge in [0.15, 0.2) is 10.4 Å². The zero-order valence-corrected chi connectivity index (χ0v) is 12.0. The third-order valence-electron chi connectivity index (χ3n) is 4.19. The smallest absolute Gasteiger partial charge is 0.287 e. The van der Waals surface area contributed by atoms with Crippen molar-refractivity contribution in [2.75, 3.05) is 6.54 Å². The van der Waals surface area contributed by atoms with Crippen molar-refractivity contribution < 1.29 is 9.21 Å². The maximum absolute atomic E-state index is 12.3. The quantitative estimate of drug-likeness (QED) is 0.881. The number of fused-ring (bicyclic) bond motifs is 1. The van der Waals surface area contributed by atoms with Gasteiger partial charge in [-0.3, -0.25) is 4.79 Å². The molecule has 1 aliphatic heterocycles. The molecule has 98 valence electrons. The van der Waals surface area contributed by atoms with E-state index < -0.39 is 0 Å². The molecule has 5 heteroatoms. The molecule has 1 amide bonds. The third-order valence-corrected chi connectivity index (χ3v) is 4.98. The fourth-order valence-electron chi connectivity index (χ4n) is 3.21. The Balaban J connectivity index is 1.78. The molecule has 18 heavy (non-hydrogen) atoms. The van der Waals surface area contributed by atoms with Crippen molar-refractivity contribution in [3.8, 4) is 0 Å². The summed E-state index contributed by atoms with van der Waals surface area (Å²) in [6, 6.07) is 2.21. The molecule has 2 aliphatic rings. The summed E-state index contributed by atoms with van der Waals surface area (Å²) in [4.78, 5) is 12.3. The van der Waals surface area contributed by atoms with Gasteiger partial charge in [0, 0.05) is 11.6 Å². The summed E-state index contributed by atoms with van der Waals surface area (Å²) in [5.74, 6) is 0.297. The number of halogens is 1. The molecule has 0 spiro atoms. The molecule has 2 N–H and O–H groups in total. The van der Waals surface area contributed by atoms with Crippen molar-refractivity contribution >= 4 is 21.8 Å². The second-order valence-electron chi connectivity index (χ2n) is 5.33. The van der Waals surface area contributed by atoms with E-state index in [0.717, 1.165) is 31.4 Å². The van der Waals surface area contributed by atoms with Crippen molar-refractivity contribution in [1.29, 1.82) is 0 Å². The molecule has 1 saturated heterocycles. The summed E-state index contributed by atoms with van der Waals surface area (Å²) in [6.45, 7) is 2.91. The SMILES string of the molecule is Cc1cc(C(=O)NC23CCCC2NCC3)oc1Br. The van der Waals surface area contributed by atoms with Gasteiger partial charge in [-0.15, -0.1) is 0 Å². The van der Waals surface area contributed by atoms with E-state index in [4.69, 9.17) is 4.42 Å². The minimum absolute atomic E-state index is 0.0513. The van der Waals surface area contributed by atoms with Gasteiger partial charge in [-0.25, -0.2) is 0 Å². The molecule has 0 radical (unpaired) electrons. The van der Waals surface area contributed by atoms with Crippen LogP contribution in [0.2, 0.25) is 0 Å². The lowest BCUT2D eigenvalue weighted by Gasteiger charge is -2.29. The monoisotopic (exact) mass is 312 g/mol. The maximum atomic E-state index is 12.3. The van der Waals surface area contributed by atoms with E-state index in [9.17, 15) is 4.79 Å². The van der Waals surface area contributed by atoms with E-state index >= 15 is 0 Å². The fraction of sp³-hybridized carbons (Fsp3) is 0.615. The minimum atomic E-state index is -0.0978. The lowest BCUT2D eigenvalue weighted by molar-refractivity contribution is 0.0868. The molecule has 0 bridgehead atoms. The topological polar surface area (TPSA) is 54.3 Å². The van der Waals surface area contributed by atoms with Gasteiger partial charge in [0.2, 0.25) is 0 Å². The predicted molar refractivity (Wildman–Crippen MR) is 71.6 cm³/mol. The number of carbonyl (C=O) groups excluding carboxylic acids is 1. The molecule has 0 aromatic carbocycles. The van der Waals surface area contributed by atoms with Crippen LogP contribution in [0.3, 0.4) is 0 Å². The second kappa shape index (κ2) is 4.38. The summed E-state index contributed by atoms with van der Waals surface area (Å²) >= 11 is 3.29. The highest BCUT2D eigenvalue weighted by Crippen LogP contribution is 2.36. The van der Waals surface area contributed by atoms with Gasteiger partial charge in [0.05, 0.1) is 5.54 Å². The lowest BCUT2D eigenvalue weighted by Crippen LogP contribution is -2.52. The Morgan fingerprint density at radius 3 is 3.17 bits per heavy atom. The Morgan fingerprint density at radius 2 is 2.44 bits per heavy atom. The van der Waals surface area contributed by atoms with Crippen molar-refractivity contribution in [2.45, 2.75) is 44.2 Å². The van der Waals surface area contributed by atoms with Crippen LogP contribution in [0.25, 0.3) is 0 Å². The fourth-order valence-corrected chi connectivity index (χ4v) is 3.50. The first-order valence-corrected chi connectivity index (χ1v) is 7.22. The minimum Gasteiger partial charge on any atom is -0.444 e. The molecule has 1 aliphatic carbocycles. The standard InChI is InChI=1S/C13H17BrN2O2/c1-8-7-9(18-11(8)14)12(17)16-13-4-2-3-10(13)15-6-5-13/h7,10,15H,2-6H2,1H3,(H,16,17). The summed E-state index contributed by atoms with van der Waals surface area (Å²) in [7, 11) is 0. The van der Waals surface area contributed by atoms with Crippen LogP contribution in [0.1, 0.15) is 41.8 Å². The van der Waals surface area contributed by atoms with Gasteiger partial charge in [-0.05, 0) is 61.1 Å². The Bertz CT molecular complexity index is 454. The molecule has 1 aromatic rings. The van der Waals surface area contributed by atoms with Crippen LogP contribution in [0.15, 0.2) is 15.2 Å². The van der Waals surface area contributed by atoms with Crippen LogP contribution >= 0.6 is 15.9 Å². The molecule has 2 unspecified atom stereocenters. The second-order valence-corrected chi connectivity index (χ2v) is 6.05. The molecule has 1 saturated carbocycles. The number of hydrogen-bond acceptors (Lipinski definition) is 3. The van der Waals surface area contributed by atoms with E-state index in [1.54, 1.807) is 6.07 Å². The average molecular weight is 313 g/mol. The zero-order valence-electron chi connectivity index (χ0n) is 10.4. The van der Waals surface area contributed by atoms with Gasteiger partial charge in [-0.1, -0.05) is 0 Å². The van der Waals surface area contributed by atoms with Crippen molar-refractivity contribution in [3.63, 3.8) is 0 Å². The Kier molecular flexibility index (Phi) is 2.98. The Morgan fingerprint density at radius 1 is 1.61 bits per heavy atom. The summed E-state index contributed by atoms with van der Waals surface area (Å²) in [5, 5.41) is 6.67. The van der Waals surface area contributed by atoms with E-state index in [-0.39, 0.29) is 11.4 Å². The lowest BCUT2D eigenvalue weighted by atomic mass is 9.93. The highest BCUT2D eigenvalue weighted by Gasteiger charge is 2.47. The van der Waals surface area contributed by atoms with Crippen LogP contribution in [0.4, 0.5) is 0 Å². The number of nitrogens with one attached hydrogen (secondary N) is 2. The molecule has 4 nitrogen and oxygen atoms in total. The first kappa shape index (κ1) is 12.2. The molecule has 2 fully saturated rings. The molecule has 2 atom stereocenters. The molecule has 3 rings (SSSR count). The highest BCUT2D eigenvalue weighted by atomic mass is 79.9. The van der Waals surface area contributed by atoms with E-state index in [2.05, 4.69) is 26.6 Å². The van der Waals surface area contributed by atoms with Crippen LogP contribution < -0.4 is 10.6 Å². The van der Waals surface area contributed by atoms with Crippen LogP contribution in [0, 0.1) is 6.92 Å². The van der Waals surface area contributed by atoms with Gasteiger partial charge < -0.3 is 15.1 Å². The summed E-state index contributed by atoms with van der Waals surface area (Å²) in [6.07, 6.45) is 4.42. The number of hydrogen-bond donors (Lipinski definition) is 2. The van der Waals surface area contributed by atoms with Crippen LogP contribution in [-0.2, 0) is 0 Å². The van der Waals surface area contributed by atoms with Crippen LogP contribution in [0.5, 0.6) is 0 Å². The number of aryl methyl sites for hydroxylation is 1. The number of amides is 1. The maximum Gasteiger partial charge on any atom is 0.287 e. The summed E-state index contributed by atoms with van der Waals surface area (Å²) in [5.41, 5.74) is 0.898. The highest BCUT2D eigenvalue weighted by molar-refractivity contribution is 9.10. The van der Waals surface area contributed by atoms with Gasteiger partial charge in [-0.2, -0.15) is 0 Å². The van der Waals surface area contributed by atoms with Gasteiger partial charge in [0.25, 0.3) is 5.91 Å².